The van der Waals surface area contributed by atoms with Gasteiger partial charge < -0.3 is 9.47 Å². The molecule has 2 amide bonds. The normalized spacial score (nSPS) is 15.5. The van der Waals surface area contributed by atoms with Crippen molar-refractivity contribution in [1.29, 1.82) is 0 Å². The molecule has 1 aliphatic rings. The summed E-state index contributed by atoms with van der Waals surface area (Å²) in [7, 11) is 1.47. The highest BCUT2D eigenvalue weighted by atomic mass is 16.5. The molecular weight excluding hydrogens is 334 g/mol. The van der Waals surface area contributed by atoms with E-state index in [0.717, 1.165) is 4.90 Å². The van der Waals surface area contributed by atoms with Gasteiger partial charge >= 0.3 is 5.97 Å². The molecule has 134 valence electrons. The minimum atomic E-state index is -0.823. The van der Waals surface area contributed by atoms with Crippen molar-refractivity contribution in [3.8, 4) is 0 Å². The van der Waals surface area contributed by atoms with Crippen LogP contribution in [-0.2, 0) is 14.3 Å². The van der Waals surface area contributed by atoms with Crippen LogP contribution < -0.4 is 0 Å². The molecule has 6 heteroatoms. The molecule has 2 aromatic rings. The van der Waals surface area contributed by atoms with Gasteiger partial charge in [-0.1, -0.05) is 42.5 Å². The zero-order valence-electron chi connectivity index (χ0n) is 14.5. The third-order valence-corrected chi connectivity index (χ3v) is 4.27. The molecule has 0 bridgehead atoms. The number of carbonyl (C=O) groups excluding carboxylic acids is 3. The van der Waals surface area contributed by atoms with E-state index in [2.05, 4.69) is 0 Å². The van der Waals surface area contributed by atoms with Gasteiger partial charge in [-0.3, -0.25) is 19.3 Å². The fourth-order valence-corrected chi connectivity index (χ4v) is 3.17. The molecule has 0 saturated heterocycles. The van der Waals surface area contributed by atoms with Crippen molar-refractivity contribution < 1.29 is 23.9 Å². The van der Waals surface area contributed by atoms with E-state index in [9.17, 15) is 14.4 Å². The molecule has 0 N–H and O–H groups in total. The zero-order chi connectivity index (χ0) is 18.7. The van der Waals surface area contributed by atoms with E-state index in [1.54, 1.807) is 48.5 Å². The number of ether oxygens (including phenoxy) is 2. The number of fused-ring (bicyclic) bond motifs is 1. The van der Waals surface area contributed by atoms with Crippen molar-refractivity contribution in [1.82, 2.24) is 4.90 Å². The number of carbonyl (C=O) groups is 3. The minimum absolute atomic E-state index is 0.0400. The topological polar surface area (TPSA) is 72.9 Å². The van der Waals surface area contributed by atoms with Gasteiger partial charge in [0, 0.05) is 14.0 Å². The highest BCUT2D eigenvalue weighted by Gasteiger charge is 2.44. The lowest BCUT2D eigenvalue weighted by atomic mass is 10.0. The van der Waals surface area contributed by atoms with E-state index in [4.69, 9.17) is 9.47 Å². The van der Waals surface area contributed by atoms with E-state index in [1.165, 1.54) is 14.0 Å². The van der Waals surface area contributed by atoms with Gasteiger partial charge in [0.15, 0.2) is 0 Å². The van der Waals surface area contributed by atoms with Crippen LogP contribution in [-0.4, -0.2) is 42.4 Å². The molecule has 1 aliphatic heterocycles. The van der Waals surface area contributed by atoms with Gasteiger partial charge in [-0.15, -0.1) is 0 Å². The Hall–Kier alpha value is -2.99. The number of benzene rings is 2. The molecule has 0 spiro atoms. The van der Waals surface area contributed by atoms with E-state index < -0.39 is 29.9 Å². The maximum absolute atomic E-state index is 12.9. The Bertz CT molecular complexity index is 798. The summed E-state index contributed by atoms with van der Waals surface area (Å²) in [5, 5.41) is 0. The van der Waals surface area contributed by atoms with E-state index in [-0.39, 0.29) is 6.61 Å². The predicted octanol–water partition coefficient (Wildman–Crippen LogP) is 2.60. The molecule has 0 unspecified atom stereocenters. The SMILES string of the molecule is COC[C@H]([C@@H](OC(C)=O)c1ccccc1)N1C(=O)c2ccccc2C1=O. The Kier molecular flexibility index (Phi) is 5.14. The van der Waals surface area contributed by atoms with Crippen LogP contribution in [0, 0.1) is 0 Å². The van der Waals surface area contributed by atoms with Gasteiger partial charge in [0.1, 0.15) is 12.1 Å². The largest absolute Gasteiger partial charge is 0.455 e. The van der Waals surface area contributed by atoms with Gasteiger partial charge in [-0.2, -0.15) is 0 Å². The molecule has 2 atom stereocenters. The van der Waals surface area contributed by atoms with Crippen LogP contribution in [0.25, 0.3) is 0 Å². The van der Waals surface area contributed by atoms with E-state index >= 15 is 0 Å². The van der Waals surface area contributed by atoms with Crippen molar-refractivity contribution in [2.45, 2.75) is 19.1 Å². The van der Waals surface area contributed by atoms with Crippen molar-refractivity contribution in [2.24, 2.45) is 0 Å². The summed E-state index contributed by atoms with van der Waals surface area (Å²) in [6.45, 7) is 1.33. The predicted molar refractivity (Wildman–Crippen MR) is 93.6 cm³/mol. The van der Waals surface area contributed by atoms with Crippen LogP contribution in [0.3, 0.4) is 0 Å². The van der Waals surface area contributed by atoms with E-state index in [0.29, 0.717) is 16.7 Å². The number of imide groups is 1. The Morgan fingerprint density at radius 2 is 1.50 bits per heavy atom. The van der Waals surface area contributed by atoms with Gasteiger partial charge in [-0.25, -0.2) is 0 Å². The fourth-order valence-electron chi connectivity index (χ4n) is 3.17. The summed E-state index contributed by atoms with van der Waals surface area (Å²) in [6.07, 6.45) is -0.823. The standard InChI is InChI=1S/C20H19NO5/c1-13(22)26-18(14-8-4-3-5-9-14)17(12-25-2)21-19(23)15-10-6-7-11-16(15)20(21)24/h3-11,17-18H,12H2,1-2H3/t17-,18+/m1/s1. The molecule has 1 heterocycles. The van der Waals surface area contributed by atoms with Crippen molar-refractivity contribution in [2.75, 3.05) is 13.7 Å². The molecular formula is C20H19NO5. The number of esters is 1. The number of rotatable bonds is 6. The first kappa shape index (κ1) is 17.8. The molecule has 26 heavy (non-hydrogen) atoms. The second-order valence-electron chi connectivity index (χ2n) is 5.99. The first-order valence-electron chi connectivity index (χ1n) is 8.22. The molecule has 0 aliphatic carbocycles. The average molecular weight is 353 g/mol. The lowest BCUT2D eigenvalue weighted by Gasteiger charge is -2.32. The van der Waals surface area contributed by atoms with Crippen LogP contribution in [0.1, 0.15) is 39.3 Å². The van der Waals surface area contributed by atoms with Gasteiger partial charge in [0.2, 0.25) is 0 Å². The van der Waals surface area contributed by atoms with Crippen LogP contribution in [0.4, 0.5) is 0 Å². The van der Waals surface area contributed by atoms with Gasteiger partial charge in [0.25, 0.3) is 11.8 Å². The molecule has 0 aromatic heterocycles. The Morgan fingerprint density at radius 1 is 0.962 bits per heavy atom. The summed E-state index contributed by atoms with van der Waals surface area (Å²) >= 11 is 0. The maximum atomic E-state index is 12.9. The number of hydrogen-bond donors (Lipinski definition) is 0. The monoisotopic (exact) mass is 353 g/mol. The first-order valence-corrected chi connectivity index (χ1v) is 8.22. The lowest BCUT2D eigenvalue weighted by Crippen LogP contribution is -2.47. The number of amides is 2. The summed E-state index contributed by atoms with van der Waals surface area (Å²) < 4.78 is 10.8. The van der Waals surface area contributed by atoms with Crippen molar-refractivity contribution in [3.05, 3.63) is 71.3 Å². The number of methoxy groups -OCH3 is 1. The fraction of sp³-hybridized carbons (Fsp3) is 0.250. The van der Waals surface area contributed by atoms with Crippen LogP contribution >= 0.6 is 0 Å². The van der Waals surface area contributed by atoms with Crippen LogP contribution in [0.15, 0.2) is 54.6 Å². The Labute approximate surface area is 151 Å². The van der Waals surface area contributed by atoms with Crippen molar-refractivity contribution >= 4 is 17.8 Å². The molecule has 0 radical (unpaired) electrons. The summed E-state index contributed by atoms with van der Waals surface area (Å²) in [5.41, 5.74) is 1.36. The molecule has 0 fully saturated rings. The summed E-state index contributed by atoms with van der Waals surface area (Å²) in [6, 6.07) is 14.9. The first-order chi connectivity index (χ1) is 12.5. The van der Waals surface area contributed by atoms with Crippen LogP contribution in [0.5, 0.6) is 0 Å². The molecule has 2 aromatic carbocycles. The van der Waals surface area contributed by atoms with E-state index in [1.807, 2.05) is 6.07 Å². The zero-order valence-corrected chi connectivity index (χ0v) is 14.5. The van der Waals surface area contributed by atoms with Gasteiger partial charge in [-0.05, 0) is 17.7 Å². The Morgan fingerprint density at radius 3 is 2.00 bits per heavy atom. The quantitative estimate of drug-likeness (QED) is 0.590. The average Bonchev–Trinajstić information content (AvgIpc) is 2.90. The smallest absolute Gasteiger partial charge is 0.303 e. The highest BCUT2D eigenvalue weighted by Crippen LogP contribution is 2.32. The Balaban J connectivity index is 2.03. The molecule has 3 rings (SSSR count). The van der Waals surface area contributed by atoms with Crippen molar-refractivity contribution in [3.63, 3.8) is 0 Å². The highest BCUT2D eigenvalue weighted by molar-refractivity contribution is 6.21. The molecule has 0 saturated carbocycles. The molecule has 6 nitrogen and oxygen atoms in total. The second kappa shape index (κ2) is 7.49. The number of nitrogens with zero attached hydrogens (tertiary/aromatic N) is 1. The lowest BCUT2D eigenvalue weighted by molar-refractivity contribution is -0.150. The van der Waals surface area contributed by atoms with Gasteiger partial charge in [0.05, 0.1) is 17.7 Å². The van der Waals surface area contributed by atoms with Crippen LogP contribution in [0.2, 0.25) is 0 Å². The third-order valence-electron chi connectivity index (χ3n) is 4.27. The summed E-state index contributed by atoms with van der Waals surface area (Å²) in [5.74, 6) is -1.34. The second-order valence-corrected chi connectivity index (χ2v) is 5.99. The minimum Gasteiger partial charge on any atom is -0.455 e. The summed E-state index contributed by atoms with van der Waals surface area (Å²) in [4.78, 5) is 38.5. The third kappa shape index (κ3) is 3.23. The maximum Gasteiger partial charge on any atom is 0.303 e. The number of hydrogen-bond acceptors (Lipinski definition) is 5.